The Hall–Kier alpha value is -1.55. The van der Waals surface area contributed by atoms with Gasteiger partial charge in [-0.15, -0.1) is 11.8 Å². The predicted molar refractivity (Wildman–Crippen MR) is 74.2 cm³/mol. The van der Waals surface area contributed by atoms with Crippen LogP contribution in [0.5, 0.6) is 0 Å². The van der Waals surface area contributed by atoms with Gasteiger partial charge in [0.25, 0.3) is 0 Å². The lowest BCUT2D eigenvalue weighted by Crippen LogP contribution is -2.10. The van der Waals surface area contributed by atoms with Crippen molar-refractivity contribution >= 4 is 17.5 Å². The molecule has 0 aliphatic heterocycles. The van der Waals surface area contributed by atoms with Crippen LogP contribution in [0.15, 0.2) is 41.6 Å². The van der Waals surface area contributed by atoms with Gasteiger partial charge in [0.1, 0.15) is 5.82 Å². The number of ketones is 1. The van der Waals surface area contributed by atoms with Crippen molar-refractivity contribution in [3.8, 4) is 0 Å². The number of imidazole rings is 1. The Morgan fingerprint density at radius 2 is 2.17 bits per heavy atom. The van der Waals surface area contributed by atoms with Gasteiger partial charge in [-0.25, -0.2) is 4.98 Å². The number of aryl methyl sites for hydroxylation is 1. The summed E-state index contributed by atoms with van der Waals surface area (Å²) in [5, 5.41) is 0. The van der Waals surface area contributed by atoms with E-state index >= 15 is 0 Å². The molecule has 18 heavy (non-hydrogen) atoms. The van der Waals surface area contributed by atoms with Crippen molar-refractivity contribution in [2.24, 2.45) is 0 Å². The van der Waals surface area contributed by atoms with Crippen LogP contribution >= 0.6 is 11.8 Å². The maximum Gasteiger partial charge on any atom is 0.171 e. The summed E-state index contributed by atoms with van der Waals surface area (Å²) in [5.41, 5.74) is 0.788. The summed E-state index contributed by atoms with van der Waals surface area (Å²) >= 11 is 1.60. The second kappa shape index (κ2) is 5.87. The number of Topliss-reactive ketones (excluding diaryl/α,β-unsaturated/α-hetero) is 1. The van der Waals surface area contributed by atoms with Crippen molar-refractivity contribution in [3.63, 3.8) is 0 Å². The van der Waals surface area contributed by atoms with Crippen molar-refractivity contribution < 1.29 is 4.79 Å². The fourth-order valence-corrected chi connectivity index (χ4v) is 2.53. The molecule has 0 atom stereocenters. The van der Waals surface area contributed by atoms with Gasteiger partial charge in [-0.3, -0.25) is 4.79 Å². The Balaban J connectivity index is 2.22. The topological polar surface area (TPSA) is 34.9 Å². The average Bonchev–Trinajstić information content (AvgIpc) is 2.85. The molecule has 0 N–H and O–H groups in total. The first-order chi connectivity index (χ1) is 8.76. The van der Waals surface area contributed by atoms with Crippen LogP contribution in [0.4, 0.5) is 0 Å². The van der Waals surface area contributed by atoms with Crippen molar-refractivity contribution in [2.45, 2.75) is 24.8 Å². The number of benzene rings is 1. The molecule has 0 radical (unpaired) electrons. The van der Waals surface area contributed by atoms with E-state index in [0.717, 1.165) is 22.8 Å². The molecule has 1 aromatic carbocycles. The van der Waals surface area contributed by atoms with Crippen LogP contribution in [0.3, 0.4) is 0 Å². The minimum Gasteiger partial charge on any atom is -0.335 e. The maximum atomic E-state index is 12.3. The molecule has 1 aromatic heterocycles. The molecule has 0 bridgehead atoms. The first-order valence-electron chi connectivity index (χ1n) is 5.92. The fraction of sp³-hybridized carbons (Fsp3) is 0.286. The van der Waals surface area contributed by atoms with Crippen molar-refractivity contribution in [2.75, 3.05) is 6.26 Å². The monoisotopic (exact) mass is 260 g/mol. The number of rotatable bonds is 5. The summed E-state index contributed by atoms with van der Waals surface area (Å²) in [6, 6.07) is 7.71. The molecule has 0 aliphatic carbocycles. The molecule has 0 unspecified atom stereocenters. The summed E-state index contributed by atoms with van der Waals surface area (Å²) in [7, 11) is 0. The average molecular weight is 260 g/mol. The van der Waals surface area contributed by atoms with Crippen LogP contribution < -0.4 is 0 Å². The van der Waals surface area contributed by atoms with E-state index in [-0.39, 0.29) is 5.78 Å². The van der Waals surface area contributed by atoms with Crippen molar-refractivity contribution in [1.82, 2.24) is 9.55 Å². The molecule has 1 heterocycles. The largest absolute Gasteiger partial charge is 0.335 e. The van der Waals surface area contributed by atoms with Crippen LogP contribution in [0.2, 0.25) is 0 Å². The molecule has 0 aliphatic rings. The molecule has 0 saturated heterocycles. The third-order valence-electron chi connectivity index (χ3n) is 2.87. The first-order valence-corrected chi connectivity index (χ1v) is 7.15. The number of thioether (sulfide) groups is 1. The van der Waals surface area contributed by atoms with Crippen LogP contribution in [0.1, 0.15) is 23.1 Å². The summed E-state index contributed by atoms with van der Waals surface area (Å²) in [4.78, 5) is 17.6. The molecule has 0 spiro atoms. The summed E-state index contributed by atoms with van der Waals surface area (Å²) < 4.78 is 2.00. The van der Waals surface area contributed by atoms with E-state index < -0.39 is 0 Å². The van der Waals surface area contributed by atoms with Gasteiger partial charge in [0.15, 0.2) is 5.78 Å². The third-order valence-corrected chi connectivity index (χ3v) is 3.66. The second-order valence-corrected chi connectivity index (χ2v) is 4.78. The number of carbonyl (C=O) groups excluding carboxylic acids is 1. The van der Waals surface area contributed by atoms with E-state index in [1.54, 1.807) is 18.0 Å². The summed E-state index contributed by atoms with van der Waals surface area (Å²) in [5.74, 6) is 0.958. The standard InChI is InChI=1S/C14H16N2OS/c1-3-16-9-8-15-14(16)10-12(17)11-6-4-5-7-13(11)18-2/h4-9H,3,10H2,1-2H3. The van der Waals surface area contributed by atoms with E-state index in [2.05, 4.69) is 4.98 Å². The lowest BCUT2D eigenvalue weighted by Gasteiger charge is -2.07. The molecular weight excluding hydrogens is 244 g/mol. The Morgan fingerprint density at radius 3 is 2.89 bits per heavy atom. The van der Waals surface area contributed by atoms with Gasteiger partial charge >= 0.3 is 0 Å². The van der Waals surface area contributed by atoms with Gasteiger partial charge < -0.3 is 4.57 Å². The predicted octanol–water partition coefficient (Wildman–Crippen LogP) is 3.05. The van der Waals surface area contributed by atoms with E-state index in [4.69, 9.17) is 0 Å². The van der Waals surface area contributed by atoms with Crippen LogP contribution in [0.25, 0.3) is 0 Å². The maximum absolute atomic E-state index is 12.3. The van der Waals surface area contributed by atoms with E-state index in [9.17, 15) is 4.79 Å². The minimum atomic E-state index is 0.126. The minimum absolute atomic E-state index is 0.126. The zero-order valence-corrected chi connectivity index (χ0v) is 11.4. The normalized spacial score (nSPS) is 10.6. The lowest BCUT2D eigenvalue weighted by molar-refractivity contribution is 0.0987. The molecular formula is C14H16N2OS. The van der Waals surface area contributed by atoms with Crippen molar-refractivity contribution in [3.05, 3.63) is 48.0 Å². The zero-order chi connectivity index (χ0) is 13.0. The molecule has 0 saturated carbocycles. The van der Waals surface area contributed by atoms with Gasteiger partial charge in [-0.1, -0.05) is 18.2 Å². The Morgan fingerprint density at radius 1 is 1.39 bits per heavy atom. The highest BCUT2D eigenvalue weighted by Gasteiger charge is 2.13. The Bertz CT molecular complexity index is 548. The van der Waals surface area contributed by atoms with Gasteiger partial charge in [0, 0.05) is 29.4 Å². The first kappa shape index (κ1) is 12.9. The lowest BCUT2D eigenvalue weighted by atomic mass is 10.1. The van der Waals surface area contributed by atoms with E-state index in [1.807, 2.05) is 48.2 Å². The fourth-order valence-electron chi connectivity index (χ4n) is 1.91. The molecule has 2 aromatic rings. The second-order valence-electron chi connectivity index (χ2n) is 3.93. The number of aromatic nitrogens is 2. The number of nitrogens with zero attached hydrogens (tertiary/aromatic N) is 2. The van der Waals surface area contributed by atoms with Gasteiger partial charge in [-0.05, 0) is 19.2 Å². The van der Waals surface area contributed by atoms with Crippen LogP contribution in [0, 0.1) is 0 Å². The van der Waals surface area contributed by atoms with Gasteiger partial charge in [-0.2, -0.15) is 0 Å². The molecule has 0 fully saturated rings. The highest BCUT2D eigenvalue weighted by molar-refractivity contribution is 7.98. The number of carbonyl (C=O) groups is 1. The van der Waals surface area contributed by atoms with Gasteiger partial charge in [0.2, 0.25) is 0 Å². The molecule has 2 rings (SSSR count). The summed E-state index contributed by atoms with van der Waals surface area (Å²) in [6.45, 7) is 2.89. The van der Waals surface area contributed by atoms with Crippen LogP contribution in [-0.4, -0.2) is 21.6 Å². The highest BCUT2D eigenvalue weighted by atomic mass is 32.2. The molecule has 0 amide bonds. The van der Waals surface area contributed by atoms with Crippen molar-refractivity contribution in [1.29, 1.82) is 0 Å². The van der Waals surface area contributed by atoms with Gasteiger partial charge in [0.05, 0.1) is 6.42 Å². The van der Waals surface area contributed by atoms with Crippen LogP contribution in [-0.2, 0) is 13.0 Å². The third kappa shape index (κ3) is 2.64. The smallest absolute Gasteiger partial charge is 0.171 e. The highest BCUT2D eigenvalue weighted by Crippen LogP contribution is 2.21. The zero-order valence-electron chi connectivity index (χ0n) is 10.6. The number of hydrogen-bond donors (Lipinski definition) is 0. The number of hydrogen-bond acceptors (Lipinski definition) is 3. The molecule has 4 heteroatoms. The summed E-state index contributed by atoms with van der Waals surface area (Å²) in [6.07, 6.45) is 5.99. The quantitative estimate of drug-likeness (QED) is 0.612. The van der Waals surface area contributed by atoms with E-state index in [0.29, 0.717) is 6.42 Å². The SMILES string of the molecule is CCn1ccnc1CC(=O)c1ccccc1SC. The Kier molecular flexibility index (Phi) is 4.20. The molecule has 3 nitrogen and oxygen atoms in total. The Labute approximate surface area is 111 Å². The van der Waals surface area contributed by atoms with E-state index in [1.165, 1.54) is 0 Å². The molecule has 94 valence electrons.